The van der Waals surface area contributed by atoms with Crippen LogP contribution < -0.4 is 15.0 Å². The molecule has 0 aromatic heterocycles. The van der Waals surface area contributed by atoms with E-state index in [1.54, 1.807) is 23.1 Å². The molecule has 0 fully saturated rings. The van der Waals surface area contributed by atoms with Gasteiger partial charge in [0.15, 0.2) is 6.61 Å². The number of hydrogen-bond donors (Lipinski definition) is 1. The first-order chi connectivity index (χ1) is 12.8. The predicted octanol–water partition coefficient (Wildman–Crippen LogP) is 3.15. The molecular weight excluding hydrogens is 350 g/mol. The number of benzene rings is 2. The molecule has 0 unspecified atom stereocenters. The van der Waals surface area contributed by atoms with Crippen LogP contribution in [0.3, 0.4) is 0 Å². The van der Waals surface area contributed by atoms with Crippen molar-refractivity contribution in [1.29, 1.82) is 0 Å². The number of amides is 2. The molecule has 2 aromatic carbocycles. The molecule has 0 bridgehead atoms. The van der Waals surface area contributed by atoms with E-state index in [1.165, 1.54) is 24.3 Å². The standard InChI is InChI=1S/C19H17N3O5/c1-12(2)10-21-16-9-14(5-8-17(16)27-11-18(21)23)20-19(24)13-3-6-15(7-4-13)22(25)26/h3-9H,1,10-11H2,2H3,(H,20,24). The van der Waals surface area contributed by atoms with Crippen LogP contribution in [0.25, 0.3) is 0 Å². The Kier molecular flexibility index (Phi) is 4.89. The summed E-state index contributed by atoms with van der Waals surface area (Å²) in [5, 5.41) is 13.4. The summed E-state index contributed by atoms with van der Waals surface area (Å²) in [5.41, 5.74) is 2.03. The number of nitro groups is 1. The number of carbonyl (C=O) groups excluding carboxylic acids is 2. The molecule has 8 heteroatoms. The zero-order valence-electron chi connectivity index (χ0n) is 14.6. The smallest absolute Gasteiger partial charge is 0.269 e. The Balaban J connectivity index is 1.82. The highest BCUT2D eigenvalue weighted by molar-refractivity contribution is 6.05. The van der Waals surface area contributed by atoms with Crippen molar-refractivity contribution in [1.82, 2.24) is 0 Å². The molecule has 1 N–H and O–H groups in total. The van der Waals surface area contributed by atoms with Gasteiger partial charge in [-0.25, -0.2) is 0 Å². The monoisotopic (exact) mass is 367 g/mol. The fourth-order valence-electron chi connectivity index (χ4n) is 2.66. The molecule has 1 heterocycles. The number of anilines is 2. The van der Waals surface area contributed by atoms with Crippen LogP contribution in [0.4, 0.5) is 17.1 Å². The number of fused-ring (bicyclic) bond motifs is 1. The van der Waals surface area contributed by atoms with E-state index in [0.717, 1.165) is 5.57 Å². The van der Waals surface area contributed by atoms with Crippen molar-refractivity contribution in [2.45, 2.75) is 6.92 Å². The Morgan fingerprint density at radius 2 is 2.00 bits per heavy atom. The first-order valence-corrected chi connectivity index (χ1v) is 8.12. The maximum Gasteiger partial charge on any atom is 0.269 e. The van der Waals surface area contributed by atoms with Crippen molar-refractivity contribution in [3.63, 3.8) is 0 Å². The lowest BCUT2D eigenvalue weighted by Gasteiger charge is -2.30. The van der Waals surface area contributed by atoms with Crippen molar-refractivity contribution >= 4 is 28.9 Å². The number of hydrogen-bond acceptors (Lipinski definition) is 5. The lowest BCUT2D eigenvalue weighted by Crippen LogP contribution is -2.39. The molecule has 0 saturated carbocycles. The van der Waals surface area contributed by atoms with Crippen LogP contribution in [-0.4, -0.2) is 29.9 Å². The maximum absolute atomic E-state index is 12.4. The topological polar surface area (TPSA) is 102 Å². The van der Waals surface area contributed by atoms with Crippen molar-refractivity contribution in [2.24, 2.45) is 0 Å². The van der Waals surface area contributed by atoms with Gasteiger partial charge in [0.05, 0.1) is 10.6 Å². The van der Waals surface area contributed by atoms with Gasteiger partial charge in [0.2, 0.25) is 0 Å². The number of rotatable bonds is 5. The van der Waals surface area contributed by atoms with E-state index in [1.807, 2.05) is 6.92 Å². The van der Waals surface area contributed by atoms with Gasteiger partial charge in [-0.1, -0.05) is 12.2 Å². The summed E-state index contributed by atoms with van der Waals surface area (Å²) in [6.07, 6.45) is 0. The van der Waals surface area contributed by atoms with E-state index >= 15 is 0 Å². The molecule has 0 spiro atoms. The van der Waals surface area contributed by atoms with E-state index in [4.69, 9.17) is 4.74 Å². The predicted molar refractivity (Wildman–Crippen MR) is 100 cm³/mol. The Labute approximate surface area is 155 Å². The second-order valence-corrected chi connectivity index (χ2v) is 6.17. The molecule has 138 valence electrons. The molecular formula is C19H17N3O5. The molecule has 1 aliphatic heterocycles. The summed E-state index contributed by atoms with van der Waals surface area (Å²) < 4.78 is 5.43. The molecule has 2 amide bonds. The first kappa shape index (κ1) is 18.1. The Hall–Kier alpha value is -3.68. The molecule has 27 heavy (non-hydrogen) atoms. The zero-order valence-corrected chi connectivity index (χ0v) is 14.6. The Morgan fingerprint density at radius 1 is 1.30 bits per heavy atom. The SMILES string of the molecule is C=C(C)CN1C(=O)COc2ccc(NC(=O)c3ccc([N+](=O)[O-])cc3)cc21. The summed E-state index contributed by atoms with van der Waals surface area (Å²) in [5.74, 6) is -0.0621. The minimum absolute atomic E-state index is 0.0468. The van der Waals surface area contributed by atoms with Gasteiger partial charge in [0, 0.05) is 29.9 Å². The average Bonchev–Trinajstić information content (AvgIpc) is 2.64. The van der Waals surface area contributed by atoms with Gasteiger partial charge < -0.3 is 15.0 Å². The van der Waals surface area contributed by atoms with Crippen LogP contribution in [0.5, 0.6) is 5.75 Å². The highest BCUT2D eigenvalue weighted by Gasteiger charge is 2.26. The summed E-state index contributed by atoms with van der Waals surface area (Å²) in [7, 11) is 0. The molecule has 0 saturated heterocycles. The van der Waals surface area contributed by atoms with Gasteiger partial charge in [-0.2, -0.15) is 0 Å². The van der Waals surface area contributed by atoms with Crippen LogP contribution >= 0.6 is 0 Å². The second-order valence-electron chi connectivity index (χ2n) is 6.17. The van der Waals surface area contributed by atoms with E-state index in [0.29, 0.717) is 23.7 Å². The number of ether oxygens (including phenoxy) is 1. The third-order valence-corrected chi connectivity index (χ3v) is 3.93. The Morgan fingerprint density at radius 3 is 2.63 bits per heavy atom. The second kappa shape index (κ2) is 7.28. The van der Waals surface area contributed by atoms with E-state index < -0.39 is 10.8 Å². The third-order valence-electron chi connectivity index (χ3n) is 3.93. The average molecular weight is 367 g/mol. The van der Waals surface area contributed by atoms with Crippen LogP contribution in [0.15, 0.2) is 54.6 Å². The van der Waals surface area contributed by atoms with E-state index in [2.05, 4.69) is 11.9 Å². The minimum atomic E-state index is -0.529. The van der Waals surface area contributed by atoms with Crippen LogP contribution in [-0.2, 0) is 4.79 Å². The highest BCUT2D eigenvalue weighted by Crippen LogP contribution is 2.35. The fraction of sp³-hybridized carbons (Fsp3) is 0.158. The van der Waals surface area contributed by atoms with Crippen molar-refractivity contribution in [2.75, 3.05) is 23.4 Å². The van der Waals surface area contributed by atoms with Crippen molar-refractivity contribution in [3.05, 3.63) is 70.3 Å². The van der Waals surface area contributed by atoms with Gasteiger partial charge in [0.1, 0.15) is 5.75 Å². The summed E-state index contributed by atoms with van der Waals surface area (Å²) >= 11 is 0. The molecule has 0 radical (unpaired) electrons. The van der Waals surface area contributed by atoms with Gasteiger partial charge >= 0.3 is 0 Å². The number of non-ortho nitro benzene ring substituents is 1. The van der Waals surface area contributed by atoms with Gasteiger partial charge in [-0.15, -0.1) is 0 Å². The molecule has 0 aliphatic carbocycles. The number of nitrogens with one attached hydrogen (secondary N) is 1. The fourth-order valence-corrected chi connectivity index (χ4v) is 2.66. The van der Waals surface area contributed by atoms with Gasteiger partial charge in [0.25, 0.3) is 17.5 Å². The van der Waals surface area contributed by atoms with Gasteiger partial charge in [-0.05, 0) is 37.3 Å². The minimum Gasteiger partial charge on any atom is -0.482 e. The zero-order chi connectivity index (χ0) is 19.6. The summed E-state index contributed by atoms with van der Waals surface area (Å²) in [6, 6.07) is 10.3. The summed E-state index contributed by atoms with van der Waals surface area (Å²) in [6.45, 7) is 5.97. The molecule has 1 aliphatic rings. The van der Waals surface area contributed by atoms with Crippen molar-refractivity contribution in [3.8, 4) is 5.75 Å². The number of nitro benzene ring substituents is 1. The molecule has 0 atom stereocenters. The first-order valence-electron chi connectivity index (χ1n) is 8.12. The number of carbonyl (C=O) groups is 2. The van der Waals surface area contributed by atoms with Crippen LogP contribution in [0, 0.1) is 10.1 Å². The number of nitrogens with zero attached hydrogens (tertiary/aromatic N) is 2. The lowest BCUT2D eigenvalue weighted by atomic mass is 10.1. The van der Waals surface area contributed by atoms with Crippen molar-refractivity contribution < 1.29 is 19.2 Å². The normalized spacial score (nSPS) is 12.8. The van der Waals surface area contributed by atoms with Crippen LogP contribution in [0.1, 0.15) is 17.3 Å². The van der Waals surface area contributed by atoms with E-state index in [9.17, 15) is 19.7 Å². The van der Waals surface area contributed by atoms with Crippen LogP contribution in [0.2, 0.25) is 0 Å². The molecule has 3 rings (SSSR count). The Bertz CT molecular complexity index is 937. The highest BCUT2D eigenvalue weighted by atomic mass is 16.6. The lowest BCUT2D eigenvalue weighted by molar-refractivity contribution is -0.384. The molecule has 8 nitrogen and oxygen atoms in total. The molecule has 2 aromatic rings. The van der Waals surface area contributed by atoms with Gasteiger partial charge in [-0.3, -0.25) is 19.7 Å². The quantitative estimate of drug-likeness (QED) is 0.497. The maximum atomic E-state index is 12.4. The van der Waals surface area contributed by atoms with E-state index in [-0.39, 0.29) is 23.8 Å². The largest absolute Gasteiger partial charge is 0.482 e. The third kappa shape index (κ3) is 3.95. The summed E-state index contributed by atoms with van der Waals surface area (Å²) in [4.78, 5) is 36.3.